The minimum Gasteiger partial charge on any atom is -0.460 e. The molecule has 1 aliphatic heterocycles. The summed E-state index contributed by atoms with van der Waals surface area (Å²) in [7, 11) is -4.47. The quantitative estimate of drug-likeness (QED) is 0.117. The van der Waals surface area contributed by atoms with Gasteiger partial charge in [-0.15, -0.1) is 0 Å². The molecule has 3 N–H and O–H groups in total. The van der Waals surface area contributed by atoms with Gasteiger partial charge < -0.3 is 19.1 Å². The molecule has 4 rings (SSSR count). The van der Waals surface area contributed by atoms with Gasteiger partial charge in [0.05, 0.1) is 23.8 Å². The van der Waals surface area contributed by atoms with Gasteiger partial charge in [-0.3, -0.25) is 33.8 Å². The summed E-state index contributed by atoms with van der Waals surface area (Å²) in [6, 6.07) is 12.1. The molecule has 42 heavy (non-hydrogen) atoms. The number of nitro benzene ring substituents is 1. The fraction of sp³-hybridized carbons (Fsp3) is 0.320. The van der Waals surface area contributed by atoms with Crippen LogP contribution in [-0.4, -0.2) is 50.4 Å². The molecule has 2 aromatic carbocycles. The van der Waals surface area contributed by atoms with Crippen LogP contribution in [0.15, 0.2) is 70.4 Å². The van der Waals surface area contributed by atoms with Crippen LogP contribution in [0.25, 0.3) is 0 Å². The molecular weight excluding hydrogens is 582 g/mol. The first-order valence-electron chi connectivity index (χ1n) is 12.5. The summed E-state index contributed by atoms with van der Waals surface area (Å²) in [5.74, 6) is -2.15. The minimum atomic E-state index is -4.47. The number of aromatic amines is 1. The van der Waals surface area contributed by atoms with Crippen molar-refractivity contribution in [3.05, 3.63) is 103 Å². The van der Waals surface area contributed by atoms with Crippen molar-refractivity contribution in [2.45, 2.75) is 44.4 Å². The highest BCUT2D eigenvalue weighted by atomic mass is 31.2. The van der Waals surface area contributed by atoms with Crippen molar-refractivity contribution < 1.29 is 42.3 Å². The average molecular weight is 608 g/mol. The first-order chi connectivity index (χ1) is 19.9. The second-order valence-corrected chi connectivity index (χ2v) is 10.8. The lowest BCUT2D eigenvalue weighted by molar-refractivity contribution is -0.384. The Hall–Kier alpha value is -4.21. The molecule has 3 aromatic rings. The lowest BCUT2D eigenvalue weighted by Crippen LogP contribution is -2.36. The number of carbonyl (C=O) groups excluding carboxylic acids is 1. The van der Waals surface area contributed by atoms with Crippen molar-refractivity contribution >= 4 is 19.4 Å². The van der Waals surface area contributed by atoms with E-state index in [1.54, 1.807) is 35.3 Å². The van der Waals surface area contributed by atoms with E-state index >= 15 is 0 Å². The Balaban J connectivity index is 1.47. The van der Waals surface area contributed by atoms with Crippen LogP contribution in [0.1, 0.15) is 25.1 Å². The van der Waals surface area contributed by atoms with Gasteiger partial charge in [-0.25, -0.2) is 9.36 Å². The molecule has 2 heterocycles. The molecule has 0 aliphatic carbocycles. The van der Waals surface area contributed by atoms with Gasteiger partial charge in [-0.05, 0) is 24.6 Å². The maximum absolute atomic E-state index is 13.8. The standard InChI is InChI=1S/C25H26FN4O11P/c1-15(24(33)38-13-16-5-3-2-4-6-16)28-42(37,41-18-9-7-17(8-10-18)30(35)36)39-14-21-20(31)11-22(40-21)29-12-19(26)23(32)27-25(29)34/h2-10,12,15,20-22,31H,11,13-14H2,1H3,(H,28,37)(H,27,32,34)/t15-,20+,21+,22+,42-/m0/s1. The highest BCUT2D eigenvalue weighted by molar-refractivity contribution is 7.52. The Morgan fingerprint density at radius 3 is 2.62 bits per heavy atom. The summed E-state index contributed by atoms with van der Waals surface area (Å²) in [5.41, 5.74) is -1.74. The summed E-state index contributed by atoms with van der Waals surface area (Å²) in [5, 5.41) is 23.9. The Labute approximate surface area is 236 Å². The molecule has 5 atom stereocenters. The van der Waals surface area contributed by atoms with Gasteiger partial charge in [-0.1, -0.05) is 30.3 Å². The molecule has 1 saturated heterocycles. The van der Waals surface area contributed by atoms with Crippen molar-refractivity contribution in [3.8, 4) is 5.75 Å². The Morgan fingerprint density at radius 2 is 1.95 bits per heavy atom. The second kappa shape index (κ2) is 13.2. The number of aromatic nitrogens is 2. The van der Waals surface area contributed by atoms with E-state index in [2.05, 4.69) is 5.09 Å². The average Bonchev–Trinajstić information content (AvgIpc) is 3.33. The molecule has 17 heteroatoms. The van der Waals surface area contributed by atoms with Crippen LogP contribution < -0.4 is 20.9 Å². The largest absolute Gasteiger partial charge is 0.460 e. The molecular formula is C25H26FN4O11P. The summed E-state index contributed by atoms with van der Waals surface area (Å²) in [4.78, 5) is 48.2. The van der Waals surface area contributed by atoms with Crippen LogP contribution in [-0.2, 0) is 30.0 Å². The predicted octanol–water partition coefficient (Wildman–Crippen LogP) is 2.16. The predicted molar refractivity (Wildman–Crippen MR) is 142 cm³/mol. The van der Waals surface area contributed by atoms with Gasteiger partial charge in [0.2, 0.25) is 5.82 Å². The third kappa shape index (κ3) is 7.74. The van der Waals surface area contributed by atoms with Crippen molar-refractivity contribution in [2.75, 3.05) is 6.61 Å². The Morgan fingerprint density at radius 1 is 1.26 bits per heavy atom. The van der Waals surface area contributed by atoms with E-state index in [9.17, 15) is 38.6 Å². The third-order valence-corrected chi connectivity index (χ3v) is 7.69. The number of halogens is 1. The van der Waals surface area contributed by atoms with Crippen molar-refractivity contribution in [1.82, 2.24) is 14.6 Å². The maximum atomic E-state index is 13.8. The summed E-state index contributed by atoms with van der Waals surface area (Å²) >= 11 is 0. The normalized spacial score (nSPS) is 20.4. The molecule has 0 bridgehead atoms. The number of benzene rings is 2. The molecule has 0 radical (unpaired) electrons. The van der Waals surface area contributed by atoms with Gasteiger partial charge in [0.25, 0.3) is 11.2 Å². The minimum absolute atomic E-state index is 0.0612. The molecule has 0 unspecified atom stereocenters. The molecule has 0 spiro atoms. The lowest BCUT2D eigenvalue weighted by Gasteiger charge is -2.24. The number of hydrogen-bond donors (Lipinski definition) is 3. The number of carbonyl (C=O) groups is 1. The molecule has 0 saturated carbocycles. The summed E-state index contributed by atoms with van der Waals surface area (Å²) in [6.45, 7) is 0.687. The molecule has 1 aliphatic rings. The fourth-order valence-electron chi connectivity index (χ4n) is 3.88. The van der Waals surface area contributed by atoms with Crippen LogP contribution in [0.4, 0.5) is 10.1 Å². The summed E-state index contributed by atoms with van der Waals surface area (Å²) < 4.78 is 50.1. The first-order valence-corrected chi connectivity index (χ1v) is 14.0. The van der Waals surface area contributed by atoms with E-state index in [-0.39, 0.29) is 24.5 Å². The monoisotopic (exact) mass is 608 g/mol. The van der Waals surface area contributed by atoms with E-state index < -0.39 is 66.8 Å². The zero-order valence-corrected chi connectivity index (χ0v) is 22.8. The van der Waals surface area contributed by atoms with Crippen LogP contribution in [0.5, 0.6) is 5.75 Å². The first kappa shape index (κ1) is 30.7. The SMILES string of the molecule is C[C@H](N[P@](=O)(OC[C@H]1O[C@@H](n2cc(F)c(=O)[nH]c2=O)C[C@H]1O)Oc1ccc([N+](=O)[O-])cc1)C(=O)OCc1ccccc1. The number of nitrogens with one attached hydrogen (secondary N) is 2. The van der Waals surface area contributed by atoms with Gasteiger partial charge in [0.1, 0.15) is 30.7 Å². The number of hydrogen-bond acceptors (Lipinski definition) is 11. The molecule has 1 fully saturated rings. The molecule has 15 nitrogen and oxygen atoms in total. The van der Waals surface area contributed by atoms with Crippen LogP contribution in [0.3, 0.4) is 0 Å². The van der Waals surface area contributed by atoms with Crippen molar-refractivity contribution in [1.29, 1.82) is 0 Å². The number of H-pyrrole nitrogens is 1. The van der Waals surface area contributed by atoms with Gasteiger partial charge in [-0.2, -0.15) is 9.48 Å². The fourth-order valence-corrected chi connectivity index (χ4v) is 5.39. The Bertz CT molecular complexity index is 1580. The smallest absolute Gasteiger partial charge is 0.459 e. The van der Waals surface area contributed by atoms with Gasteiger partial charge in [0, 0.05) is 18.6 Å². The van der Waals surface area contributed by atoms with E-state index in [1.165, 1.54) is 19.1 Å². The number of ether oxygens (including phenoxy) is 2. The van der Waals surface area contributed by atoms with E-state index in [0.29, 0.717) is 11.8 Å². The lowest BCUT2D eigenvalue weighted by atomic mass is 10.2. The second-order valence-electron chi connectivity index (χ2n) is 9.16. The number of aliphatic hydroxyl groups is 1. The highest BCUT2D eigenvalue weighted by Gasteiger charge is 2.39. The molecule has 1 aromatic heterocycles. The topological polar surface area (TPSA) is 201 Å². The molecule has 224 valence electrons. The zero-order valence-electron chi connectivity index (χ0n) is 22.0. The number of aliphatic hydroxyl groups excluding tert-OH is 1. The van der Waals surface area contributed by atoms with Gasteiger partial charge >= 0.3 is 19.4 Å². The van der Waals surface area contributed by atoms with Crippen LogP contribution in [0, 0.1) is 15.9 Å². The number of nitrogens with zero attached hydrogens (tertiary/aromatic N) is 2. The van der Waals surface area contributed by atoms with E-state index in [4.69, 9.17) is 18.5 Å². The van der Waals surface area contributed by atoms with Gasteiger partial charge in [0.15, 0.2) is 0 Å². The van der Waals surface area contributed by atoms with Crippen LogP contribution >= 0.6 is 7.75 Å². The number of non-ortho nitro benzene ring substituents is 1. The van der Waals surface area contributed by atoms with Crippen molar-refractivity contribution in [2.24, 2.45) is 0 Å². The maximum Gasteiger partial charge on any atom is 0.459 e. The van der Waals surface area contributed by atoms with Crippen molar-refractivity contribution in [3.63, 3.8) is 0 Å². The third-order valence-electron chi connectivity index (χ3n) is 6.05. The van der Waals surface area contributed by atoms with Crippen LogP contribution in [0.2, 0.25) is 0 Å². The highest BCUT2D eigenvalue weighted by Crippen LogP contribution is 2.46. The van der Waals surface area contributed by atoms with E-state index in [0.717, 1.165) is 16.7 Å². The summed E-state index contributed by atoms with van der Waals surface area (Å²) in [6.07, 6.45) is -3.25. The number of esters is 1. The zero-order chi connectivity index (χ0) is 30.4. The number of rotatable bonds is 12. The van der Waals surface area contributed by atoms with E-state index in [1.807, 2.05) is 0 Å². The number of nitro groups is 1. The Kier molecular flexibility index (Phi) is 9.65. The molecule has 0 amide bonds.